The van der Waals surface area contributed by atoms with Gasteiger partial charge in [0.25, 0.3) is 0 Å². The number of rotatable bonds is 6. The molecule has 0 saturated heterocycles. The van der Waals surface area contributed by atoms with Crippen molar-refractivity contribution in [2.45, 2.75) is 12.5 Å². The number of hydrogen-bond acceptors (Lipinski definition) is 3. The second kappa shape index (κ2) is 6.61. The molecule has 0 amide bonds. The molecule has 0 aromatic heterocycles. The smallest absolute Gasteiger partial charge is 0.345 e. The number of hydrogen-bond donors (Lipinski definition) is 1. The molecule has 104 valence electrons. The molecule has 2 aromatic rings. The van der Waals surface area contributed by atoms with Crippen molar-refractivity contribution >= 4 is 5.97 Å². The lowest BCUT2D eigenvalue weighted by molar-refractivity contribution is -0.145. The van der Waals surface area contributed by atoms with Crippen molar-refractivity contribution < 1.29 is 19.4 Å². The Hall–Kier alpha value is -2.49. The molecule has 0 radical (unpaired) electrons. The SMILES string of the molecule is COc1ccccc1O[C@H](Cc1ccccc1)C(=O)O. The van der Waals surface area contributed by atoms with Gasteiger partial charge in [0.15, 0.2) is 17.6 Å². The summed E-state index contributed by atoms with van der Waals surface area (Å²) in [4.78, 5) is 11.3. The molecule has 20 heavy (non-hydrogen) atoms. The minimum absolute atomic E-state index is 0.300. The first kappa shape index (κ1) is 13.9. The number of carboxylic acid groups (broad SMARTS) is 1. The molecule has 0 saturated carbocycles. The topological polar surface area (TPSA) is 55.8 Å². The summed E-state index contributed by atoms with van der Waals surface area (Å²) in [5, 5.41) is 9.29. The lowest BCUT2D eigenvalue weighted by atomic mass is 10.1. The van der Waals surface area contributed by atoms with Crippen LogP contribution in [0, 0.1) is 0 Å². The average Bonchev–Trinajstić information content (AvgIpc) is 2.48. The van der Waals surface area contributed by atoms with Crippen LogP contribution in [0.2, 0.25) is 0 Å². The number of aliphatic carboxylic acids is 1. The van der Waals surface area contributed by atoms with Gasteiger partial charge >= 0.3 is 5.97 Å². The fourth-order valence-corrected chi connectivity index (χ4v) is 1.88. The van der Waals surface area contributed by atoms with Crippen molar-refractivity contribution in [2.75, 3.05) is 7.11 Å². The summed E-state index contributed by atoms with van der Waals surface area (Å²) in [5.41, 5.74) is 0.912. The summed E-state index contributed by atoms with van der Waals surface area (Å²) < 4.78 is 10.7. The number of methoxy groups -OCH3 is 1. The summed E-state index contributed by atoms with van der Waals surface area (Å²) in [6.07, 6.45) is -0.650. The highest BCUT2D eigenvalue weighted by atomic mass is 16.5. The molecular weight excluding hydrogens is 256 g/mol. The van der Waals surface area contributed by atoms with E-state index < -0.39 is 12.1 Å². The van der Waals surface area contributed by atoms with Gasteiger partial charge < -0.3 is 14.6 Å². The highest BCUT2D eigenvalue weighted by Gasteiger charge is 2.21. The minimum atomic E-state index is -1.00. The monoisotopic (exact) mass is 272 g/mol. The molecule has 0 bridgehead atoms. The Bertz CT molecular complexity index is 566. The Kier molecular flexibility index (Phi) is 4.60. The van der Waals surface area contributed by atoms with E-state index in [4.69, 9.17) is 9.47 Å². The van der Waals surface area contributed by atoms with Crippen LogP contribution in [0.4, 0.5) is 0 Å². The molecule has 4 heteroatoms. The molecule has 0 heterocycles. The number of ether oxygens (including phenoxy) is 2. The quantitative estimate of drug-likeness (QED) is 0.878. The van der Waals surface area contributed by atoms with Gasteiger partial charge in [-0.05, 0) is 17.7 Å². The minimum Gasteiger partial charge on any atom is -0.493 e. The van der Waals surface area contributed by atoms with Gasteiger partial charge in [-0.25, -0.2) is 4.79 Å². The molecule has 4 nitrogen and oxygen atoms in total. The highest BCUT2D eigenvalue weighted by molar-refractivity contribution is 5.73. The Labute approximate surface area is 117 Å². The second-order valence-corrected chi connectivity index (χ2v) is 4.29. The van der Waals surface area contributed by atoms with Crippen LogP contribution in [-0.2, 0) is 11.2 Å². The molecule has 2 rings (SSSR count). The van der Waals surface area contributed by atoms with E-state index in [0.717, 1.165) is 5.56 Å². The first-order valence-electron chi connectivity index (χ1n) is 6.27. The third kappa shape index (κ3) is 3.51. The van der Waals surface area contributed by atoms with E-state index in [2.05, 4.69) is 0 Å². The summed E-state index contributed by atoms with van der Waals surface area (Å²) >= 11 is 0. The van der Waals surface area contributed by atoms with Crippen LogP contribution in [-0.4, -0.2) is 24.3 Å². The van der Waals surface area contributed by atoms with Crippen molar-refractivity contribution in [3.63, 3.8) is 0 Å². The lowest BCUT2D eigenvalue weighted by Gasteiger charge is -2.17. The first-order chi connectivity index (χ1) is 9.70. The number of benzene rings is 2. The number of carboxylic acids is 1. The number of carbonyl (C=O) groups is 1. The van der Waals surface area contributed by atoms with Gasteiger partial charge in [-0.1, -0.05) is 42.5 Å². The van der Waals surface area contributed by atoms with Crippen molar-refractivity contribution in [3.05, 3.63) is 60.2 Å². The molecule has 2 aromatic carbocycles. The fraction of sp³-hybridized carbons (Fsp3) is 0.188. The molecule has 1 atom stereocenters. The molecule has 0 aliphatic rings. The van der Waals surface area contributed by atoms with Crippen LogP contribution >= 0.6 is 0 Å². The van der Waals surface area contributed by atoms with Gasteiger partial charge in [-0.15, -0.1) is 0 Å². The highest BCUT2D eigenvalue weighted by Crippen LogP contribution is 2.27. The normalized spacial score (nSPS) is 11.7. The maximum Gasteiger partial charge on any atom is 0.345 e. The Morgan fingerprint density at radius 2 is 1.65 bits per heavy atom. The zero-order valence-corrected chi connectivity index (χ0v) is 11.2. The van der Waals surface area contributed by atoms with Gasteiger partial charge in [-0.3, -0.25) is 0 Å². The molecule has 0 aliphatic heterocycles. The molecule has 1 N–H and O–H groups in total. The summed E-state index contributed by atoms with van der Waals surface area (Å²) in [7, 11) is 1.52. The third-order valence-electron chi connectivity index (χ3n) is 2.88. The van der Waals surface area contributed by atoms with Gasteiger partial charge in [0, 0.05) is 6.42 Å². The molecule has 0 unspecified atom stereocenters. The predicted octanol–water partition coefficient (Wildman–Crippen LogP) is 2.77. The van der Waals surface area contributed by atoms with E-state index in [1.54, 1.807) is 24.3 Å². The van der Waals surface area contributed by atoms with E-state index in [1.807, 2.05) is 30.3 Å². The van der Waals surface area contributed by atoms with Gasteiger partial charge in [0.2, 0.25) is 0 Å². The number of para-hydroxylation sites is 2. The standard InChI is InChI=1S/C16H16O4/c1-19-13-9-5-6-10-14(13)20-15(16(17)18)11-12-7-3-2-4-8-12/h2-10,15H,11H2,1H3,(H,17,18)/t15-/m1/s1. The van der Waals surface area contributed by atoms with Crippen molar-refractivity contribution in [3.8, 4) is 11.5 Å². The largest absolute Gasteiger partial charge is 0.493 e. The van der Waals surface area contributed by atoms with Gasteiger partial charge in [0.05, 0.1) is 7.11 Å². The Balaban J connectivity index is 2.16. The Morgan fingerprint density at radius 1 is 1.05 bits per heavy atom. The van der Waals surface area contributed by atoms with E-state index >= 15 is 0 Å². The van der Waals surface area contributed by atoms with Gasteiger partial charge in [-0.2, -0.15) is 0 Å². The van der Waals surface area contributed by atoms with Crippen LogP contribution < -0.4 is 9.47 Å². The van der Waals surface area contributed by atoms with Crippen molar-refractivity contribution in [1.82, 2.24) is 0 Å². The van der Waals surface area contributed by atoms with Crippen LogP contribution in [0.1, 0.15) is 5.56 Å². The van der Waals surface area contributed by atoms with E-state index in [0.29, 0.717) is 17.9 Å². The molecule has 0 fully saturated rings. The van der Waals surface area contributed by atoms with Crippen molar-refractivity contribution in [2.24, 2.45) is 0 Å². The molecular formula is C16H16O4. The van der Waals surface area contributed by atoms with Gasteiger partial charge in [0.1, 0.15) is 0 Å². The van der Waals surface area contributed by atoms with E-state index in [-0.39, 0.29) is 0 Å². The summed E-state index contributed by atoms with van der Waals surface area (Å²) in [6, 6.07) is 16.4. The maximum atomic E-state index is 11.3. The zero-order chi connectivity index (χ0) is 14.4. The summed E-state index contributed by atoms with van der Waals surface area (Å²) in [5.74, 6) is -0.0510. The van der Waals surface area contributed by atoms with E-state index in [1.165, 1.54) is 7.11 Å². The fourth-order valence-electron chi connectivity index (χ4n) is 1.88. The Morgan fingerprint density at radius 3 is 2.25 bits per heavy atom. The summed E-state index contributed by atoms with van der Waals surface area (Å²) in [6.45, 7) is 0. The zero-order valence-electron chi connectivity index (χ0n) is 11.2. The average molecular weight is 272 g/mol. The second-order valence-electron chi connectivity index (χ2n) is 4.29. The van der Waals surface area contributed by atoms with Crippen LogP contribution in [0.25, 0.3) is 0 Å². The molecule has 0 aliphatic carbocycles. The first-order valence-corrected chi connectivity index (χ1v) is 6.27. The van der Waals surface area contributed by atoms with Crippen LogP contribution in [0.5, 0.6) is 11.5 Å². The lowest BCUT2D eigenvalue weighted by Crippen LogP contribution is -2.29. The predicted molar refractivity (Wildman–Crippen MR) is 75.2 cm³/mol. The van der Waals surface area contributed by atoms with E-state index in [9.17, 15) is 9.90 Å². The molecule has 0 spiro atoms. The van der Waals surface area contributed by atoms with Crippen LogP contribution in [0.15, 0.2) is 54.6 Å². The van der Waals surface area contributed by atoms with Crippen molar-refractivity contribution in [1.29, 1.82) is 0 Å². The maximum absolute atomic E-state index is 11.3. The third-order valence-corrected chi connectivity index (χ3v) is 2.88. The van der Waals surface area contributed by atoms with Crippen LogP contribution in [0.3, 0.4) is 0 Å².